The van der Waals surface area contributed by atoms with Crippen LogP contribution in [0.5, 0.6) is 0 Å². The number of carbonyl (C=O) groups is 3. The minimum absolute atomic E-state index is 1.41. The molecule has 0 saturated carbocycles. The van der Waals surface area contributed by atoms with Gasteiger partial charge < -0.3 is 20.4 Å². The molecule has 86 valence electrons. The molecule has 0 saturated heterocycles. The second-order valence-electron chi connectivity index (χ2n) is 2.60. The fourth-order valence-corrected chi connectivity index (χ4v) is 0.835. The quantitative estimate of drug-likeness (QED) is 0.259. The second-order valence-corrected chi connectivity index (χ2v) is 2.60. The molecular weight excluding hydrogens is 216 g/mol. The Morgan fingerprint density at radius 2 is 1.67 bits per heavy atom. The van der Waals surface area contributed by atoms with Gasteiger partial charge in [0.15, 0.2) is 6.10 Å². The minimum atomic E-state index is -3.13. The zero-order valence-corrected chi connectivity index (χ0v) is 7.15. The Hall–Kier alpha value is -1.71. The molecule has 0 aliphatic rings. The Kier molecular flexibility index (Phi) is 4.15. The molecule has 15 heavy (non-hydrogen) atoms. The molecule has 0 aromatic heterocycles. The van der Waals surface area contributed by atoms with Crippen molar-refractivity contribution in [3.8, 4) is 0 Å². The molecule has 0 amide bonds. The van der Waals surface area contributed by atoms with Crippen LogP contribution in [0.4, 0.5) is 0 Å². The standard InChI is InChI=1S/C6H8O9/c7-2(8)1-6(15-14,5(12)13)3(9)4(10)11/h3,9,14H,1H2,(H,7,8)(H,10,11)(H,12,13). The van der Waals surface area contributed by atoms with E-state index < -0.39 is 36.0 Å². The summed E-state index contributed by atoms with van der Waals surface area (Å²) in [5, 5.41) is 42.3. The molecule has 2 atom stereocenters. The average Bonchev–Trinajstić information content (AvgIpc) is 2.12. The summed E-state index contributed by atoms with van der Waals surface area (Å²) in [5.74, 6) is -5.90. The fraction of sp³-hybridized carbons (Fsp3) is 0.500. The predicted octanol–water partition coefficient (Wildman–Crippen LogP) is -1.78. The van der Waals surface area contributed by atoms with Gasteiger partial charge in [0.2, 0.25) is 5.60 Å². The Labute approximate surface area is 82.1 Å². The van der Waals surface area contributed by atoms with Gasteiger partial charge >= 0.3 is 17.9 Å². The summed E-state index contributed by atoms with van der Waals surface area (Å²) in [5.41, 5.74) is -3.13. The molecule has 0 aliphatic heterocycles. The molecule has 9 heteroatoms. The van der Waals surface area contributed by atoms with Gasteiger partial charge in [-0.3, -0.25) is 10.1 Å². The van der Waals surface area contributed by atoms with E-state index in [1.807, 2.05) is 0 Å². The van der Waals surface area contributed by atoms with Gasteiger partial charge in [-0.25, -0.2) is 14.5 Å². The topological polar surface area (TPSA) is 162 Å². The maximum absolute atomic E-state index is 10.6. The number of aliphatic hydroxyl groups is 1. The van der Waals surface area contributed by atoms with E-state index in [2.05, 4.69) is 4.89 Å². The molecule has 5 N–H and O–H groups in total. The summed E-state index contributed by atoms with van der Waals surface area (Å²) in [7, 11) is 0. The number of aliphatic hydroxyl groups excluding tert-OH is 1. The molecule has 0 aromatic carbocycles. The van der Waals surface area contributed by atoms with Crippen molar-refractivity contribution >= 4 is 17.9 Å². The van der Waals surface area contributed by atoms with E-state index in [4.69, 9.17) is 25.7 Å². The van der Waals surface area contributed by atoms with E-state index in [1.54, 1.807) is 0 Å². The maximum Gasteiger partial charge on any atom is 0.343 e. The third-order valence-electron chi connectivity index (χ3n) is 1.61. The van der Waals surface area contributed by atoms with Crippen molar-refractivity contribution in [1.82, 2.24) is 0 Å². The van der Waals surface area contributed by atoms with Crippen LogP contribution in [-0.2, 0) is 19.3 Å². The number of hydrogen-bond donors (Lipinski definition) is 5. The molecule has 0 aliphatic carbocycles. The first-order valence-electron chi connectivity index (χ1n) is 3.46. The van der Waals surface area contributed by atoms with Crippen molar-refractivity contribution < 1.29 is 45.0 Å². The lowest BCUT2D eigenvalue weighted by molar-refractivity contribution is -0.334. The highest BCUT2D eigenvalue weighted by molar-refractivity contribution is 5.91. The van der Waals surface area contributed by atoms with Crippen molar-refractivity contribution in [3.63, 3.8) is 0 Å². The van der Waals surface area contributed by atoms with Crippen LogP contribution in [-0.4, -0.2) is 55.3 Å². The molecule has 0 aromatic rings. The van der Waals surface area contributed by atoms with Gasteiger partial charge in [-0.15, -0.1) is 0 Å². The lowest BCUT2D eigenvalue weighted by Crippen LogP contribution is -2.56. The number of aliphatic carboxylic acids is 3. The van der Waals surface area contributed by atoms with Gasteiger partial charge in [0.1, 0.15) is 0 Å². The van der Waals surface area contributed by atoms with Crippen LogP contribution in [0, 0.1) is 0 Å². The lowest BCUT2D eigenvalue weighted by Gasteiger charge is -2.26. The largest absolute Gasteiger partial charge is 0.481 e. The first-order valence-corrected chi connectivity index (χ1v) is 3.46. The summed E-state index contributed by atoms with van der Waals surface area (Å²) < 4.78 is 0. The van der Waals surface area contributed by atoms with E-state index in [-0.39, 0.29) is 0 Å². The van der Waals surface area contributed by atoms with Gasteiger partial charge in [0, 0.05) is 0 Å². The van der Waals surface area contributed by atoms with Crippen molar-refractivity contribution in [2.24, 2.45) is 0 Å². The highest BCUT2D eigenvalue weighted by Gasteiger charge is 2.53. The molecule has 0 rings (SSSR count). The van der Waals surface area contributed by atoms with Crippen molar-refractivity contribution in [2.75, 3.05) is 0 Å². The summed E-state index contributed by atoms with van der Waals surface area (Å²) in [4.78, 5) is 34.4. The molecule has 0 spiro atoms. The summed E-state index contributed by atoms with van der Waals surface area (Å²) >= 11 is 0. The number of hydrogen-bond acceptors (Lipinski definition) is 6. The molecule has 0 bridgehead atoms. The Morgan fingerprint density at radius 3 is 1.87 bits per heavy atom. The van der Waals surface area contributed by atoms with Gasteiger partial charge in [0.25, 0.3) is 0 Å². The van der Waals surface area contributed by atoms with Crippen LogP contribution < -0.4 is 0 Å². The normalized spacial score (nSPS) is 16.4. The van der Waals surface area contributed by atoms with Crippen LogP contribution in [0.1, 0.15) is 6.42 Å². The van der Waals surface area contributed by atoms with E-state index in [0.29, 0.717) is 0 Å². The maximum atomic E-state index is 10.6. The van der Waals surface area contributed by atoms with E-state index in [1.165, 1.54) is 0 Å². The van der Waals surface area contributed by atoms with Gasteiger partial charge in [-0.2, -0.15) is 0 Å². The highest BCUT2D eigenvalue weighted by Crippen LogP contribution is 2.21. The van der Waals surface area contributed by atoms with E-state index in [9.17, 15) is 14.4 Å². The fourth-order valence-electron chi connectivity index (χ4n) is 0.835. The summed E-state index contributed by atoms with van der Waals surface area (Å²) in [6, 6.07) is 0. The zero-order chi connectivity index (χ0) is 12.2. The van der Waals surface area contributed by atoms with Crippen molar-refractivity contribution in [1.29, 1.82) is 0 Å². The van der Waals surface area contributed by atoms with Crippen LogP contribution in [0.25, 0.3) is 0 Å². The van der Waals surface area contributed by atoms with Crippen molar-refractivity contribution in [2.45, 2.75) is 18.1 Å². The summed E-state index contributed by atoms with van der Waals surface area (Å²) in [6.07, 6.45) is -4.12. The van der Waals surface area contributed by atoms with Crippen LogP contribution in [0.15, 0.2) is 0 Å². The minimum Gasteiger partial charge on any atom is -0.481 e. The smallest absolute Gasteiger partial charge is 0.343 e. The number of carboxylic acids is 3. The number of carboxylic acid groups (broad SMARTS) is 3. The predicted molar refractivity (Wildman–Crippen MR) is 40.0 cm³/mol. The number of rotatable bonds is 6. The first kappa shape index (κ1) is 13.3. The molecule has 2 unspecified atom stereocenters. The molecule has 9 nitrogen and oxygen atoms in total. The first-order chi connectivity index (χ1) is 6.77. The highest BCUT2D eigenvalue weighted by atomic mass is 17.1. The Balaban J connectivity index is 5.23. The van der Waals surface area contributed by atoms with Gasteiger partial charge in [-0.05, 0) is 0 Å². The zero-order valence-electron chi connectivity index (χ0n) is 7.15. The third kappa shape index (κ3) is 2.62. The molecular formula is C6H8O9. The summed E-state index contributed by atoms with van der Waals surface area (Å²) in [6.45, 7) is 0. The SMILES string of the molecule is O=C(O)CC(OO)(C(=O)O)C(O)C(=O)O. The third-order valence-corrected chi connectivity index (χ3v) is 1.61. The second kappa shape index (κ2) is 4.68. The average molecular weight is 224 g/mol. The van der Waals surface area contributed by atoms with E-state index in [0.717, 1.165) is 0 Å². The van der Waals surface area contributed by atoms with Gasteiger partial charge in [0.05, 0.1) is 6.42 Å². The monoisotopic (exact) mass is 224 g/mol. The molecule has 0 fully saturated rings. The Morgan fingerprint density at radius 1 is 1.20 bits per heavy atom. The Bertz CT molecular complexity index is 284. The van der Waals surface area contributed by atoms with E-state index >= 15 is 0 Å². The van der Waals surface area contributed by atoms with Crippen LogP contribution >= 0.6 is 0 Å². The lowest BCUT2D eigenvalue weighted by atomic mass is 9.93. The van der Waals surface area contributed by atoms with Crippen LogP contribution in [0.3, 0.4) is 0 Å². The van der Waals surface area contributed by atoms with Gasteiger partial charge in [-0.1, -0.05) is 0 Å². The molecule has 0 radical (unpaired) electrons. The van der Waals surface area contributed by atoms with Crippen molar-refractivity contribution in [3.05, 3.63) is 0 Å². The molecule has 0 heterocycles. The van der Waals surface area contributed by atoms with Crippen LogP contribution in [0.2, 0.25) is 0 Å².